The van der Waals surface area contributed by atoms with Gasteiger partial charge in [0.1, 0.15) is 5.82 Å². The number of aliphatic hydroxyl groups excluding tert-OH is 1. The van der Waals surface area contributed by atoms with Gasteiger partial charge in [-0.25, -0.2) is 4.39 Å². The molecule has 0 bridgehead atoms. The molecule has 0 fully saturated rings. The van der Waals surface area contributed by atoms with Gasteiger partial charge in [-0.2, -0.15) is 0 Å². The smallest absolute Gasteiger partial charge is 0.294 e. The fraction of sp³-hybridized carbons (Fsp3) is 0.0870. The lowest BCUT2D eigenvalue weighted by atomic mass is 9.93. The van der Waals surface area contributed by atoms with E-state index in [0.29, 0.717) is 11.3 Å². The van der Waals surface area contributed by atoms with Crippen molar-refractivity contribution in [2.24, 2.45) is 0 Å². The van der Waals surface area contributed by atoms with Crippen LogP contribution in [0.15, 0.2) is 83.0 Å². The maximum absolute atomic E-state index is 13.4. The van der Waals surface area contributed by atoms with Gasteiger partial charge in [0.05, 0.1) is 6.04 Å². The summed E-state index contributed by atoms with van der Waals surface area (Å²) < 4.78 is 14.3. The van der Waals surface area contributed by atoms with Gasteiger partial charge in [-0.1, -0.05) is 64.0 Å². The molecule has 0 unspecified atom stereocenters. The van der Waals surface area contributed by atoms with Crippen molar-refractivity contribution in [1.29, 1.82) is 0 Å². The van der Waals surface area contributed by atoms with E-state index in [2.05, 4.69) is 15.9 Å². The van der Waals surface area contributed by atoms with Crippen LogP contribution in [0.2, 0.25) is 0 Å². The Balaban J connectivity index is 1.93. The number of anilines is 1. The minimum Gasteiger partial charge on any atom is -0.503 e. The van der Waals surface area contributed by atoms with Crippen molar-refractivity contribution in [3.63, 3.8) is 0 Å². The van der Waals surface area contributed by atoms with Crippen LogP contribution in [0.4, 0.5) is 10.1 Å². The predicted octanol–water partition coefficient (Wildman–Crippen LogP) is 5.95. The molecule has 5 heteroatoms. The van der Waals surface area contributed by atoms with Crippen LogP contribution in [0.25, 0.3) is 5.57 Å². The van der Waals surface area contributed by atoms with Crippen molar-refractivity contribution in [2.45, 2.75) is 13.0 Å². The molecule has 0 saturated carbocycles. The van der Waals surface area contributed by atoms with Crippen LogP contribution in [0.5, 0.6) is 0 Å². The number of carbonyl (C=O) groups is 1. The molecule has 0 aromatic heterocycles. The summed E-state index contributed by atoms with van der Waals surface area (Å²) in [4.78, 5) is 14.5. The van der Waals surface area contributed by atoms with E-state index in [1.807, 2.05) is 55.5 Å². The second-order valence-corrected chi connectivity index (χ2v) is 7.56. The molecule has 1 aliphatic rings. The second-order valence-electron chi connectivity index (χ2n) is 6.70. The standard InChI is InChI=1S/C23H17BrFNO2/c1-14-6-8-15(9-7-14)20-21(18-4-2-3-5-19(18)24)26(23(28)22(20)27)17-12-10-16(25)11-13-17/h2-13,21,27H,1H3/t21-/m0/s1. The van der Waals surface area contributed by atoms with Crippen LogP contribution in [-0.2, 0) is 4.79 Å². The quantitative estimate of drug-likeness (QED) is 0.549. The van der Waals surface area contributed by atoms with E-state index < -0.39 is 11.9 Å². The first-order valence-electron chi connectivity index (χ1n) is 8.81. The van der Waals surface area contributed by atoms with Gasteiger partial charge in [-0.3, -0.25) is 9.69 Å². The first-order chi connectivity index (χ1) is 13.5. The third-order valence-corrected chi connectivity index (χ3v) is 5.60. The molecule has 0 spiro atoms. The van der Waals surface area contributed by atoms with Crippen molar-refractivity contribution in [3.8, 4) is 0 Å². The van der Waals surface area contributed by atoms with Gasteiger partial charge in [0.25, 0.3) is 5.91 Å². The summed E-state index contributed by atoms with van der Waals surface area (Å²) in [6, 6.07) is 20.4. The van der Waals surface area contributed by atoms with Crippen LogP contribution in [-0.4, -0.2) is 11.0 Å². The van der Waals surface area contributed by atoms with Crippen molar-refractivity contribution < 1.29 is 14.3 Å². The lowest BCUT2D eigenvalue weighted by molar-refractivity contribution is -0.117. The predicted molar refractivity (Wildman–Crippen MR) is 111 cm³/mol. The van der Waals surface area contributed by atoms with Crippen molar-refractivity contribution in [3.05, 3.63) is 106 Å². The number of nitrogens with zero attached hydrogens (tertiary/aromatic N) is 1. The molecule has 3 nitrogen and oxygen atoms in total. The lowest BCUT2D eigenvalue weighted by Crippen LogP contribution is -2.30. The first-order valence-corrected chi connectivity index (χ1v) is 9.60. The Morgan fingerprint density at radius 2 is 1.61 bits per heavy atom. The van der Waals surface area contributed by atoms with E-state index in [1.165, 1.54) is 17.0 Å². The molecule has 4 rings (SSSR count). The van der Waals surface area contributed by atoms with Gasteiger partial charge in [0, 0.05) is 15.7 Å². The molecule has 28 heavy (non-hydrogen) atoms. The van der Waals surface area contributed by atoms with Gasteiger partial charge in [0.15, 0.2) is 5.76 Å². The van der Waals surface area contributed by atoms with E-state index in [9.17, 15) is 14.3 Å². The molecule has 0 aliphatic carbocycles. The Hall–Kier alpha value is -2.92. The minimum absolute atomic E-state index is 0.297. The highest BCUT2D eigenvalue weighted by Crippen LogP contribution is 2.47. The van der Waals surface area contributed by atoms with E-state index in [0.717, 1.165) is 21.2 Å². The Kier molecular flexibility index (Phi) is 4.77. The summed E-state index contributed by atoms with van der Waals surface area (Å²) in [6.45, 7) is 1.98. The summed E-state index contributed by atoms with van der Waals surface area (Å²) in [6.07, 6.45) is 0. The number of halogens is 2. The maximum Gasteiger partial charge on any atom is 0.294 e. The molecule has 1 amide bonds. The maximum atomic E-state index is 13.4. The third-order valence-electron chi connectivity index (χ3n) is 4.88. The molecule has 1 atom stereocenters. The molecule has 1 heterocycles. The normalized spacial score (nSPS) is 16.8. The Labute approximate surface area is 170 Å². The number of hydrogen-bond donors (Lipinski definition) is 1. The lowest BCUT2D eigenvalue weighted by Gasteiger charge is -2.28. The van der Waals surface area contributed by atoms with Gasteiger partial charge in [0.2, 0.25) is 0 Å². The number of rotatable bonds is 3. The highest BCUT2D eigenvalue weighted by molar-refractivity contribution is 9.10. The Morgan fingerprint density at radius 1 is 0.964 bits per heavy atom. The molecule has 0 saturated heterocycles. The Morgan fingerprint density at radius 3 is 2.25 bits per heavy atom. The van der Waals surface area contributed by atoms with Gasteiger partial charge < -0.3 is 5.11 Å². The highest BCUT2D eigenvalue weighted by atomic mass is 79.9. The zero-order valence-corrected chi connectivity index (χ0v) is 16.7. The largest absolute Gasteiger partial charge is 0.503 e. The number of amides is 1. The number of aryl methyl sites for hydroxylation is 1. The van der Waals surface area contributed by atoms with Crippen LogP contribution in [0.1, 0.15) is 22.7 Å². The van der Waals surface area contributed by atoms with Gasteiger partial charge in [-0.05, 0) is 48.4 Å². The van der Waals surface area contributed by atoms with E-state index in [-0.39, 0.29) is 11.6 Å². The molecule has 1 N–H and O–H groups in total. The SMILES string of the molecule is Cc1ccc(C2=C(O)C(=O)N(c3ccc(F)cc3)[C@H]2c2ccccc2Br)cc1. The van der Waals surface area contributed by atoms with Crippen LogP contribution < -0.4 is 4.90 Å². The Bertz CT molecular complexity index is 1070. The summed E-state index contributed by atoms with van der Waals surface area (Å²) in [5.41, 5.74) is 3.73. The number of hydrogen-bond acceptors (Lipinski definition) is 2. The third kappa shape index (κ3) is 3.12. The average molecular weight is 438 g/mol. The number of aliphatic hydroxyl groups is 1. The van der Waals surface area contributed by atoms with Crippen LogP contribution in [0.3, 0.4) is 0 Å². The van der Waals surface area contributed by atoms with Crippen molar-refractivity contribution in [1.82, 2.24) is 0 Å². The zero-order valence-electron chi connectivity index (χ0n) is 15.1. The molecule has 1 aliphatic heterocycles. The van der Waals surface area contributed by atoms with Crippen molar-refractivity contribution >= 4 is 33.1 Å². The number of benzene rings is 3. The monoisotopic (exact) mass is 437 g/mol. The minimum atomic E-state index is -0.545. The van der Waals surface area contributed by atoms with Crippen LogP contribution >= 0.6 is 15.9 Å². The van der Waals surface area contributed by atoms with Gasteiger partial charge in [-0.15, -0.1) is 0 Å². The molecule has 0 radical (unpaired) electrons. The summed E-state index contributed by atoms with van der Waals surface area (Å²) in [5.74, 6) is -1.19. The fourth-order valence-electron chi connectivity index (χ4n) is 3.49. The van der Waals surface area contributed by atoms with Crippen LogP contribution in [0, 0.1) is 12.7 Å². The average Bonchev–Trinajstić information content (AvgIpc) is 2.95. The summed E-state index contributed by atoms with van der Waals surface area (Å²) in [7, 11) is 0. The van der Waals surface area contributed by atoms with E-state index in [1.54, 1.807) is 12.1 Å². The highest BCUT2D eigenvalue weighted by Gasteiger charge is 2.42. The fourth-order valence-corrected chi connectivity index (χ4v) is 3.99. The van der Waals surface area contributed by atoms with E-state index >= 15 is 0 Å². The number of carbonyl (C=O) groups excluding carboxylic acids is 1. The molecular formula is C23H17BrFNO2. The summed E-state index contributed by atoms with van der Waals surface area (Å²) >= 11 is 3.57. The molecule has 3 aromatic rings. The molecule has 140 valence electrons. The molecular weight excluding hydrogens is 421 g/mol. The summed E-state index contributed by atoms with van der Waals surface area (Å²) in [5, 5.41) is 10.8. The van der Waals surface area contributed by atoms with Crippen molar-refractivity contribution in [2.75, 3.05) is 4.90 Å². The van der Waals surface area contributed by atoms with Gasteiger partial charge >= 0.3 is 0 Å². The zero-order chi connectivity index (χ0) is 19.8. The molecule has 3 aromatic carbocycles. The topological polar surface area (TPSA) is 40.5 Å². The van der Waals surface area contributed by atoms with E-state index in [4.69, 9.17) is 0 Å². The second kappa shape index (κ2) is 7.24. The first kappa shape index (κ1) is 18.4.